The summed E-state index contributed by atoms with van der Waals surface area (Å²) < 4.78 is 0. The number of rotatable bonds is 1. The van der Waals surface area contributed by atoms with Crippen LogP contribution in [0, 0.1) is 6.92 Å². The molecule has 0 atom stereocenters. The van der Waals surface area contributed by atoms with E-state index in [-0.39, 0.29) is 6.61 Å². The largest absolute Gasteiger partial charge is 0.392 e. The van der Waals surface area contributed by atoms with Crippen LogP contribution in [0.3, 0.4) is 0 Å². The van der Waals surface area contributed by atoms with Crippen molar-refractivity contribution >= 4 is 11.6 Å². The third kappa shape index (κ3) is 3.24. The van der Waals surface area contributed by atoms with Crippen LogP contribution in [0.25, 0.3) is 0 Å². The van der Waals surface area contributed by atoms with Crippen LogP contribution < -0.4 is 0 Å². The molecule has 0 saturated carbocycles. The highest BCUT2D eigenvalue weighted by Gasteiger charge is 1.95. The van der Waals surface area contributed by atoms with E-state index >= 15 is 0 Å². The number of aliphatic hydroxyl groups is 1. The van der Waals surface area contributed by atoms with Crippen molar-refractivity contribution in [2.24, 2.45) is 0 Å². The van der Waals surface area contributed by atoms with Gasteiger partial charge >= 0.3 is 0 Å². The van der Waals surface area contributed by atoms with Crippen molar-refractivity contribution in [3.63, 3.8) is 0 Å². The first-order chi connectivity index (χ1) is 5.74. The lowest BCUT2D eigenvalue weighted by molar-refractivity contribution is 0.281. The Balaban J connectivity index is 0.000000561. The standard InChI is InChI=1S/C8H9ClO.C2H6/c1-6-4-8(9)3-2-7(6)5-10;1-2/h2-4,10H,5H2,1H3;1-2H3. The molecule has 0 aliphatic heterocycles. The van der Waals surface area contributed by atoms with Gasteiger partial charge in [-0.15, -0.1) is 0 Å². The van der Waals surface area contributed by atoms with Crippen molar-refractivity contribution in [3.8, 4) is 0 Å². The number of hydrogen-bond acceptors (Lipinski definition) is 1. The first-order valence-electron chi connectivity index (χ1n) is 4.10. The van der Waals surface area contributed by atoms with Gasteiger partial charge in [-0.05, 0) is 30.2 Å². The topological polar surface area (TPSA) is 20.2 Å². The fourth-order valence-corrected chi connectivity index (χ4v) is 1.06. The second-order valence-electron chi connectivity index (χ2n) is 2.23. The fourth-order valence-electron chi connectivity index (χ4n) is 0.837. The van der Waals surface area contributed by atoms with E-state index in [0.717, 1.165) is 16.1 Å². The van der Waals surface area contributed by atoms with Crippen LogP contribution in [-0.2, 0) is 6.61 Å². The second-order valence-corrected chi connectivity index (χ2v) is 2.67. The minimum Gasteiger partial charge on any atom is -0.392 e. The van der Waals surface area contributed by atoms with Crippen LogP contribution in [0.1, 0.15) is 25.0 Å². The summed E-state index contributed by atoms with van der Waals surface area (Å²) in [6, 6.07) is 5.45. The van der Waals surface area contributed by atoms with Crippen molar-refractivity contribution in [2.75, 3.05) is 0 Å². The quantitative estimate of drug-likeness (QED) is 0.715. The Bertz CT molecular complexity index is 233. The molecule has 12 heavy (non-hydrogen) atoms. The molecule has 0 amide bonds. The molecule has 68 valence electrons. The SMILES string of the molecule is CC.Cc1cc(Cl)ccc1CO. The van der Waals surface area contributed by atoms with Crippen LogP contribution in [-0.4, -0.2) is 5.11 Å². The summed E-state index contributed by atoms with van der Waals surface area (Å²) in [5.74, 6) is 0. The van der Waals surface area contributed by atoms with Gasteiger partial charge in [0.1, 0.15) is 0 Å². The molecule has 0 radical (unpaired) electrons. The summed E-state index contributed by atoms with van der Waals surface area (Å²) in [7, 11) is 0. The van der Waals surface area contributed by atoms with E-state index in [2.05, 4.69) is 0 Å². The molecule has 0 saturated heterocycles. The zero-order valence-corrected chi connectivity index (χ0v) is 8.52. The molecule has 0 aliphatic rings. The molecule has 1 rings (SSSR count). The normalized spacial score (nSPS) is 8.75. The molecule has 0 fully saturated rings. The zero-order chi connectivity index (χ0) is 9.56. The van der Waals surface area contributed by atoms with Gasteiger partial charge in [0.05, 0.1) is 6.61 Å². The lowest BCUT2D eigenvalue weighted by atomic mass is 10.1. The maximum Gasteiger partial charge on any atom is 0.0684 e. The monoisotopic (exact) mass is 186 g/mol. The first kappa shape index (κ1) is 11.5. The Morgan fingerprint density at radius 3 is 2.33 bits per heavy atom. The predicted octanol–water partition coefficient (Wildman–Crippen LogP) is 3.17. The number of halogens is 1. The Morgan fingerprint density at radius 2 is 1.92 bits per heavy atom. The van der Waals surface area contributed by atoms with Gasteiger partial charge in [0.25, 0.3) is 0 Å². The maximum absolute atomic E-state index is 8.77. The second kappa shape index (κ2) is 6.04. The Kier molecular flexibility index (Phi) is 5.77. The van der Waals surface area contributed by atoms with Crippen LogP contribution in [0.4, 0.5) is 0 Å². The molecular formula is C10H15ClO. The molecule has 1 N–H and O–H groups in total. The fraction of sp³-hybridized carbons (Fsp3) is 0.400. The molecule has 0 bridgehead atoms. The van der Waals surface area contributed by atoms with Gasteiger partial charge in [-0.1, -0.05) is 31.5 Å². The van der Waals surface area contributed by atoms with Gasteiger partial charge in [-0.3, -0.25) is 0 Å². The Labute approximate surface area is 79.0 Å². The van der Waals surface area contributed by atoms with E-state index in [1.54, 1.807) is 6.07 Å². The molecule has 1 nitrogen and oxygen atoms in total. The predicted molar refractivity (Wildman–Crippen MR) is 53.5 cm³/mol. The summed E-state index contributed by atoms with van der Waals surface area (Å²) in [5, 5.41) is 9.48. The molecule has 2 heteroatoms. The summed E-state index contributed by atoms with van der Waals surface area (Å²) in [4.78, 5) is 0. The first-order valence-corrected chi connectivity index (χ1v) is 4.47. The lowest BCUT2D eigenvalue weighted by Gasteiger charge is -2.00. The molecule has 0 aliphatic carbocycles. The minimum atomic E-state index is 0.0863. The van der Waals surface area contributed by atoms with E-state index in [1.807, 2.05) is 32.9 Å². The van der Waals surface area contributed by atoms with Crippen LogP contribution >= 0.6 is 11.6 Å². The van der Waals surface area contributed by atoms with Gasteiger partial charge in [-0.2, -0.15) is 0 Å². The van der Waals surface area contributed by atoms with Crippen LogP contribution in [0.5, 0.6) is 0 Å². The van der Waals surface area contributed by atoms with Gasteiger partial charge in [0.15, 0.2) is 0 Å². The molecular weight excluding hydrogens is 172 g/mol. The zero-order valence-electron chi connectivity index (χ0n) is 7.76. The van der Waals surface area contributed by atoms with Gasteiger partial charge < -0.3 is 5.11 Å². The molecule has 1 aromatic rings. The maximum atomic E-state index is 8.77. The van der Waals surface area contributed by atoms with E-state index in [0.29, 0.717) is 0 Å². The number of aliphatic hydroxyl groups excluding tert-OH is 1. The van der Waals surface area contributed by atoms with Crippen LogP contribution in [0.15, 0.2) is 18.2 Å². The van der Waals surface area contributed by atoms with Crippen molar-refractivity contribution in [1.29, 1.82) is 0 Å². The molecule has 0 aromatic heterocycles. The van der Waals surface area contributed by atoms with Crippen molar-refractivity contribution in [2.45, 2.75) is 27.4 Å². The lowest BCUT2D eigenvalue weighted by Crippen LogP contribution is -1.86. The number of benzene rings is 1. The third-order valence-electron chi connectivity index (χ3n) is 1.47. The van der Waals surface area contributed by atoms with E-state index in [9.17, 15) is 0 Å². The summed E-state index contributed by atoms with van der Waals surface area (Å²) in [5.41, 5.74) is 1.97. The molecule has 0 unspecified atom stereocenters. The highest BCUT2D eigenvalue weighted by atomic mass is 35.5. The molecule has 1 aromatic carbocycles. The Hall–Kier alpha value is -0.530. The summed E-state index contributed by atoms with van der Waals surface area (Å²) >= 11 is 5.69. The van der Waals surface area contributed by atoms with Gasteiger partial charge in [0.2, 0.25) is 0 Å². The minimum absolute atomic E-state index is 0.0863. The average Bonchev–Trinajstić information content (AvgIpc) is 2.08. The average molecular weight is 187 g/mol. The van der Waals surface area contributed by atoms with Crippen molar-refractivity contribution in [3.05, 3.63) is 34.3 Å². The third-order valence-corrected chi connectivity index (χ3v) is 1.71. The van der Waals surface area contributed by atoms with Crippen molar-refractivity contribution in [1.82, 2.24) is 0 Å². The Morgan fingerprint density at radius 1 is 1.33 bits per heavy atom. The number of hydrogen-bond donors (Lipinski definition) is 1. The van der Waals surface area contributed by atoms with E-state index in [4.69, 9.17) is 16.7 Å². The number of aryl methyl sites for hydroxylation is 1. The smallest absolute Gasteiger partial charge is 0.0684 e. The highest BCUT2D eigenvalue weighted by molar-refractivity contribution is 6.30. The van der Waals surface area contributed by atoms with Gasteiger partial charge in [-0.25, -0.2) is 0 Å². The molecule has 0 heterocycles. The molecule has 0 spiro atoms. The van der Waals surface area contributed by atoms with Crippen LogP contribution in [0.2, 0.25) is 5.02 Å². The van der Waals surface area contributed by atoms with Gasteiger partial charge in [0, 0.05) is 5.02 Å². The van der Waals surface area contributed by atoms with Crippen molar-refractivity contribution < 1.29 is 5.11 Å². The highest BCUT2D eigenvalue weighted by Crippen LogP contribution is 2.14. The summed E-state index contributed by atoms with van der Waals surface area (Å²) in [6.45, 7) is 6.01. The summed E-state index contributed by atoms with van der Waals surface area (Å²) in [6.07, 6.45) is 0. The van der Waals surface area contributed by atoms with E-state index in [1.165, 1.54) is 0 Å². The van der Waals surface area contributed by atoms with E-state index < -0.39 is 0 Å².